The van der Waals surface area contributed by atoms with E-state index in [0.29, 0.717) is 10.9 Å². The van der Waals surface area contributed by atoms with Crippen LogP contribution in [0.1, 0.15) is 19.4 Å². The molecule has 0 bridgehead atoms. The van der Waals surface area contributed by atoms with Crippen LogP contribution in [-0.4, -0.2) is 35.4 Å². The van der Waals surface area contributed by atoms with Gasteiger partial charge in [0.1, 0.15) is 11.6 Å². The molecule has 0 aliphatic heterocycles. The summed E-state index contributed by atoms with van der Waals surface area (Å²) in [5.74, 6) is -1.21. The number of hydrogen-bond acceptors (Lipinski definition) is 7. The Bertz CT molecular complexity index is 1220. The minimum absolute atomic E-state index is 0.0446. The van der Waals surface area contributed by atoms with E-state index in [1.807, 2.05) is 6.92 Å². The molecule has 10 heteroatoms. The molecular formula is C20H22N4O5S. The number of rotatable bonds is 7. The molecule has 3 aromatic rings. The first-order valence-electron chi connectivity index (χ1n) is 9.27. The van der Waals surface area contributed by atoms with Crippen molar-refractivity contribution in [1.29, 1.82) is 0 Å². The van der Waals surface area contributed by atoms with Crippen molar-refractivity contribution in [3.8, 4) is 0 Å². The summed E-state index contributed by atoms with van der Waals surface area (Å²) in [5, 5.41) is 8.00. The molecule has 1 atom stereocenters. The summed E-state index contributed by atoms with van der Waals surface area (Å²) in [7, 11) is -3.93. The van der Waals surface area contributed by atoms with Gasteiger partial charge in [-0.05, 0) is 37.1 Å². The second-order valence-corrected chi connectivity index (χ2v) is 8.87. The van der Waals surface area contributed by atoms with Crippen molar-refractivity contribution in [2.45, 2.75) is 38.4 Å². The van der Waals surface area contributed by atoms with Crippen molar-refractivity contribution in [2.24, 2.45) is 5.92 Å². The van der Waals surface area contributed by atoms with E-state index in [4.69, 9.17) is 4.74 Å². The number of benzene rings is 2. The third-order valence-electron chi connectivity index (χ3n) is 4.49. The lowest BCUT2D eigenvalue weighted by Gasteiger charge is -2.21. The molecule has 30 heavy (non-hydrogen) atoms. The Morgan fingerprint density at radius 1 is 1.13 bits per heavy atom. The van der Waals surface area contributed by atoms with Gasteiger partial charge in [-0.25, -0.2) is 8.42 Å². The fourth-order valence-corrected chi connectivity index (χ4v) is 4.06. The Balaban J connectivity index is 1.75. The molecule has 0 unspecified atom stereocenters. The molecule has 0 radical (unpaired) electrons. The van der Waals surface area contributed by atoms with Crippen LogP contribution in [0.15, 0.2) is 58.2 Å². The second-order valence-electron chi connectivity index (χ2n) is 7.16. The minimum atomic E-state index is -3.93. The minimum Gasteiger partial charge on any atom is -0.441 e. The molecule has 158 valence electrons. The number of ether oxygens (including phenoxy) is 1. The van der Waals surface area contributed by atoms with Gasteiger partial charge in [0, 0.05) is 0 Å². The lowest BCUT2D eigenvalue weighted by molar-refractivity contribution is -0.151. The van der Waals surface area contributed by atoms with Gasteiger partial charge in [0.2, 0.25) is 10.0 Å². The highest BCUT2D eigenvalue weighted by Gasteiger charge is 2.30. The van der Waals surface area contributed by atoms with E-state index in [2.05, 4.69) is 15.0 Å². The van der Waals surface area contributed by atoms with Crippen LogP contribution < -0.4 is 10.3 Å². The maximum absolute atomic E-state index is 12.6. The van der Waals surface area contributed by atoms with E-state index in [0.717, 1.165) is 10.2 Å². The van der Waals surface area contributed by atoms with Gasteiger partial charge in [0.15, 0.2) is 6.73 Å². The molecule has 0 aliphatic rings. The molecule has 0 fully saturated rings. The maximum atomic E-state index is 12.6. The molecule has 1 aromatic heterocycles. The standard InChI is InChI=1S/C20H22N4O5S/c1-13(2)18(22-30(27,28)15-10-8-14(3)9-11-15)20(26)29-12-24-19(25)16-6-4-5-7-17(16)21-23-24/h4-11,13,18,22H,12H2,1-3H3/t18-/m1/s1. The average molecular weight is 430 g/mol. The zero-order chi connectivity index (χ0) is 21.9. The van der Waals surface area contributed by atoms with Crippen molar-refractivity contribution in [1.82, 2.24) is 19.7 Å². The Hall–Kier alpha value is -3.11. The van der Waals surface area contributed by atoms with Gasteiger partial charge in [-0.3, -0.25) is 9.59 Å². The number of sulfonamides is 1. The molecule has 0 spiro atoms. The highest BCUT2D eigenvalue weighted by molar-refractivity contribution is 7.89. The van der Waals surface area contributed by atoms with E-state index < -0.39 is 40.2 Å². The highest BCUT2D eigenvalue weighted by atomic mass is 32.2. The summed E-state index contributed by atoms with van der Waals surface area (Å²) < 4.78 is 33.8. The van der Waals surface area contributed by atoms with Crippen LogP contribution in [0, 0.1) is 12.8 Å². The maximum Gasteiger partial charge on any atom is 0.326 e. The molecule has 9 nitrogen and oxygen atoms in total. The predicted molar refractivity (Wildman–Crippen MR) is 110 cm³/mol. The van der Waals surface area contributed by atoms with Gasteiger partial charge in [-0.1, -0.05) is 48.9 Å². The number of fused-ring (bicyclic) bond motifs is 1. The number of aryl methyl sites for hydroxylation is 1. The summed E-state index contributed by atoms with van der Waals surface area (Å²) in [6.07, 6.45) is 0. The molecule has 1 N–H and O–H groups in total. The van der Waals surface area contributed by atoms with Crippen LogP contribution in [0.4, 0.5) is 0 Å². The first-order chi connectivity index (χ1) is 14.2. The predicted octanol–water partition coefficient (Wildman–Crippen LogP) is 1.60. The number of nitrogens with zero attached hydrogens (tertiary/aromatic N) is 3. The van der Waals surface area contributed by atoms with Gasteiger partial charge < -0.3 is 4.74 Å². The fraction of sp³-hybridized carbons (Fsp3) is 0.300. The van der Waals surface area contributed by atoms with E-state index in [-0.39, 0.29) is 4.90 Å². The topological polar surface area (TPSA) is 120 Å². The van der Waals surface area contributed by atoms with E-state index >= 15 is 0 Å². The van der Waals surface area contributed by atoms with Crippen molar-refractivity contribution < 1.29 is 17.9 Å². The fourth-order valence-electron chi connectivity index (χ4n) is 2.73. The monoisotopic (exact) mass is 430 g/mol. The van der Waals surface area contributed by atoms with Crippen LogP contribution in [0.25, 0.3) is 10.9 Å². The van der Waals surface area contributed by atoms with Gasteiger partial charge in [0.05, 0.1) is 10.3 Å². The zero-order valence-electron chi connectivity index (χ0n) is 16.8. The first kappa shape index (κ1) is 21.6. The number of hydrogen-bond donors (Lipinski definition) is 1. The second kappa shape index (κ2) is 8.72. The Kier molecular flexibility index (Phi) is 6.28. The molecule has 0 amide bonds. The number of carbonyl (C=O) groups excluding carboxylic acids is 1. The molecule has 0 saturated carbocycles. The molecule has 3 rings (SSSR count). The van der Waals surface area contributed by atoms with Gasteiger partial charge >= 0.3 is 5.97 Å². The zero-order valence-corrected chi connectivity index (χ0v) is 17.6. The highest BCUT2D eigenvalue weighted by Crippen LogP contribution is 2.14. The summed E-state index contributed by atoms with van der Waals surface area (Å²) in [4.78, 5) is 25.1. The van der Waals surface area contributed by atoms with Crippen LogP contribution in [-0.2, 0) is 26.3 Å². The van der Waals surface area contributed by atoms with E-state index in [1.165, 1.54) is 12.1 Å². The van der Waals surface area contributed by atoms with Crippen molar-refractivity contribution in [3.63, 3.8) is 0 Å². The van der Waals surface area contributed by atoms with E-state index in [9.17, 15) is 18.0 Å². The van der Waals surface area contributed by atoms with Crippen LogP contribution in [0.3, 0.4) is 0 Å². The largest absolute Gasteiger partial charge is 0.441 e. The van der Waals surface area contributed by atoms with Crippen molar-refractivity contribution >= 4 is 26.9 Å². The lowest BCUT2D eigenvalue weighted by atomic mass is 10.1. The van der Waals surface area contributed by atoms with E-state index in [1.54, 1.807) is 50.2 Å². The smallest absolute Gasteiger partial charge is 0.326 e. The Labute approximate surface area is 173 Å². The SMILES string of the molecule is Cc1ccc(S(=O)(=O)N[C@@H](C(=O)OCn2nnc3ccccc3c2=O)C(C)C)cc1. The number of carbonyl (C=O) groups is 1. The summed E-state index contributed by atoms with van der Waals surface area (Å²) in [5.41, 5.74) is 0.876. The molecule has 0 saturated heterocycles. The summed E-state index contributed by atoms with van der Waals surface area (Å²) in [6.45, 7) is 4.73. The average Bonchev–Trinajstić information content (AvgIpc) is 2.71. The van der Waals surface area contributed by atoms with Crippen LogP contribution >= 0.6 is 0 Å². The van der Waals surface area contributed by atoms with Crippen LogP contribution in [0.2, 0.25) is 0 Å². The molecule has 1 heterocycles. The molecule has 2 aromatic carbocycles. The number of aromatic nitrogens is 3. The normalized spacial score (nSPS) is 12.8. The first-order valence-corrected chi connectivity index (χ1v) is 10.8. The molecular weight excluding hydrogens is 408 g/mol. The quantitative estimate of drug-likeness (QED) is 0.565. The Morgan fingerprint density at radius 2 is 1.80 bits per heavy atom. The third-order valence-corrected chi connectivity index (χ3v) is 5.95. The van der Waals surface area contributed by atoms with Crippen molar-refractivity contribution in [3.05, 3.63) is 64.4 Å². The molecule has 0 aliphatic carbocycles. The lowest BCUT2D eigenvalue weighted by Crippen LogP contribution is -2.45. The third kappa shape index (κ3) is 4.71. The number of nitrogens with one attached hydrogen (secondary N) is 1. The van der Waals surface area contributed by atoms with Gasteiger partial charge in [0.25, 0.3) is 5.56 Å². The summed E-state index contributed by atoms with van der Waals surface area (Å²) in [6, 6.07) is 11.8. The van der Waals surface area contributed by atoms with Gasteiger partial charge in [-0.2, -0.15) is 9.40 Å². The van der Waals surface area contributed by atoms with Crippen molar-refractivity contribution in [2.75, 3.05) is 0 Å². The summed E-state index contributed by atoms with van der Waals surface area (Å²) >= 11 is 0. The van der Waals surface area contributed by atoms with Gasteiger partial charge in [-0.15, -0.1) is 5.10 Å². The Morgan fingerprint density at radius 3 is 2.47 bits per heavy atom. The number of esters is 1. The van der Waals surface area contributed by atoms with Crippen LogP contribution in [0.5, 0.6) is 0 Å².